The quantitative estimate of drug-likeness (QED) is 0.638. The molecule has 1 aromatic heterocycles. The fraction of sp³-hybridized carbons (Fsp3) is 0. The zero-order valence-electron chi connectivity index (χ0n) is 9.78. The average molecular weight is 309 g/mol. The van der Waals surface area contributed by atoms with Gasteiger partial charge >= 0.3 is 0 Å². The molecule has 2 nitrogen and oxygen atoms in total. The lowest BCUT2D eigenvalue weighted by molar-refractivity contribution is 1.23. The number of para-hydroxylation sites is 1. The largest absolute Gasteiger partial charge is 0.399 e. The molecule has 0 radical (unpaired) electrons. The third kappa shape index (κ3) is 2.54. The number of hydrogen-bond donors (Lipinski definition) is 2. The van der Waals surface area contributed by atoms with E-state index in [1.165, 1.54) is 11.8 Å². The Labute approximate surface area is 124 Å². The molecule has 0 saturated heterocycles. The minimum Gasteiger partial charge on any atom is -0.399 e. The van der Waals surface area contributed by atoms with Crippen molar-refractivity contribution in [2.45, 2.75) is 9.92 Å². The number of halogens is 2. The highest BCUT2D eigenvalue weighted by Gasteiger charge is 2.10. The first-order chi connectivity index (χ1) is 9.13. The molecular weight excluding hydrogens is 299 g/mol. The molecule has 0 bridgehead atoms. The van der Waals surface area contributed by atoms with Crippen molar-refractivity contribution in [3.63, 3.8) is 0 Å². The van der Waals surface area contributed by atoms with Gasteiger partial charge in [0.1, 0.15) is 0 Å². The summed E-state index contributed by atoms with van der Waals surface area (Å²) >= 11 is 13.9. The molecule has 3 rings (SSSR count). The van der Waals surface area contributed by atoms with Crippen LogP contribution in [0.3, 0.4) is 0 Å². The predicted molar refractivity (Wildman–Crippen MR) is 83.3 cm³/mol. The van der Waals surface area contributed by atoms with E-state index in [1.807, 2.05) is 18.2 Å². The molecule has 0 aliphatic rings. The van der Waals surface area contributed by atoms with E-state index in [-0.39, 0.29) is 0 Å². The summed E-state index contributed by atoms with van der Waals surface area (Å²) in [6.45, 7) is 0. The topological polar surface area (TPSA) is 41.8 Å². The van der Waals surface area contributed by atoms with Crippen molar-refractivity contribution in [3.05, 3.63) is 52.5 Å². The second-order valence-corrected chi connectivity index (χ2v) is 6.00. The number of nitrogen functional groups attached to an aromatic ring is 1. The van der Waals surface area contributed by atoms with Crippen molar-refractivity contribution in [2.24, 2.45) is 0 Å². The van der Waals surface area contributed by atoms with E-state index in [0.29, 0.717) is 15.7 Å². The molecule has 0 aliphatic heterocycles. The summed E-state index contributed by atoms with van der Waals surface area (Å²) in [5.74, 6) is 0. The van der Waals surface area contributed by atoms with Crippen LogP contribution < -0.4 is 5.73 Å². The highest BCUT2D eigenvalue weighted by Crippen LogP contribution is 2.40. The number of hydrogen-bond acceptors (Lipinski definition) is 2. The monoisotopic (exact) mass is 308 g/mol. The zero-order chi connectivity index (χ0) is 13.4. The fourth-order valence-electron chi connectivity index (χ4n) is 1.89. The van der Waals surface area contributed by atoms with Crippen molar-refractivity contribution < 1.29 is 0 Å². The highest BCUT2D eigenvalue weighted by molar-refractivity contribution is 7.99. The zero-order valence-corrected chi connectivity index (χ0v) is 12.1. The van der Waals surface area contributed by atoms with Gasteiger partial charge in [-0.25, -0.2) is 0 Å². The standard InChI is InChI=1S/C14H10Cl2N2S/c15-10-6-9(17)7-11(16)14(10)19-13-5-8-3-1-2-4-12(8)18-13/h1-7,18H,17H2. The van der Waals surface area contributed by atoms with Gasteiger partial charge in [-0.15, -0.1) is 0 Å². The summed E-state index contributed by atoms with van der Waals surface area (Å²) in [7, 11) is 0. The highest BCUT2D eigenvalue weighted by atomic mass is 35.5. The Bertz CT molecular complexity index is 696. The molecule has 96 valence electrons. The summed E-state index contributed by atoms with van der Waals surface area (Å²) in [5, 5.41) is 3.28. The molecule has 0 atom stereocenters. The minimum absolute atomic E-state index is 0.564. The van der Waals surface area contributed by atoms with Crippen LogP contribution in [0.5, 0.6) is 0 Å². The van der Waals surface area contributed by atoms with E-state index in [9.17, 15) is 0 Å². The number of benzene rings is 2. The van der Waals surface area contributed by atoms with Crippen molar-refractivity contribution >= 4 is 51.6 Å². The minimum atomic E-state index is 0.564. The summed E-state index contributed by atoms with van der Waals surface area (Å²) < 4.78 is 0. The van der Waals surface area contributed by atoms with E-state index < -0.39 is 0 Å². The van der Waals surface area contributed by atoms with Crippen LogP contribution in [0.15, 0.2) is 52.4 Å². The van der Waals surface area contributed by atoms with Gasteiger partial charge in [0.2, 0.25) is 0 Å². The van der Waals surface area contributed by atoms with Crippen LogP contribution in [-0.2, 0) is 0 Å². The van der Waals surface area contributed by atoms with Gasteiger partial charge in [0.15, 0.2) is 0 Å². The summed E-state index contributed by atoms with van der Waals surface area (Å²) in [5.41, 5.74) is 7.35. The molecule has 3 aromatic rings. The number of fused-ring (bicyclic) bond motifs is 1. The maximum atomic E-state index is 6.18. The Morgan fingerprint density at radius 3 is 2.37 bits per heavy atom. The number of H-pyrrole nitrogens is 1. The van der Waals surface area contributed by atoms with Crippen LogP contribution in [-0.4, -0.2) is 4.98 Å². The molecule has 0 fully saturated rings. The molecule has 0 amide bonds. The van der Waals surface area contributed by atoms with Crippen molar-refractivity contribution in [2.75, 3.05) is 5.73 Å². The van der Waals surface area contributed by atoms with Gasteiger partial charge in [-0.2, -0.15) is 0 Å². The molecule has 0 spiro atoms. The maximum Gasteiger partial charge on any atom is 0.0781 e. The van der Waals surface area contributed by atoms with Gasteiger partial charge < -0.3 is 10.7 Å². The third-order valence-corrected chi connectivity index (χ3v) is 4.64. The molecular formula is C14H10Cl2N2S. The molecule has 3 N–H and O–H groups in total. The first-order valence-corrected chi connectivity index (χ1v) is 7.21. The van der Waals surface area contributed by atoms with Gasteiger partial charge in [-0.05, 0) is 24.3 Å². The number of aromatic nitrogens is 1. The van der Waals surface area contributed by atoms with E-state index in [4.69, 9.17) is 28.9 Å². The first kappa shape index (κ1) is 12.7. The van der Waals surface area contributed by atoms with Crippen LogP contribution in [0.1, 0.15) is 0 Å². The summed E-state index contributed by atoms with van der Waals surface area (Å²) in [6, 6.07) is 13.6. The Hall–Kier alpha value is -1.29. The van der Waals surface area contributed by atoms with Gasteiger partial charge in [-0.3, -0.25) is 0 Å². The molecule has 19 heavy (non-hydrogen) atoms. The number of anilines is 1. The van der Waals surface area contributed by atoms with Crippen molar-refractivity contribution in [1.82, 2.24) is 4.98 Å². The number of rotatable bonds is 2. The van der Waals surface area contributed by atoms with Gasteiger partial charge in [0.25, 0.3) is 0 Å². The lowest BCUT2D eigenvalue weighted by Gasteiger charge is -2.06. The SMILES string of the molecule is Nc1cc(Cl)c(Sc2cc3ccccc3[nH]2)c(Cl)c1. The smallest absolute Gasteiger partial charge is 0.0781 e. The van der Waals surface area contributed by atoms with Crippen LogP contribution in [0.25, 0.3) is 10.9 Å². The first-order valence-electron chi connectivity index (χ1n) is 5.63. The lowest BCUT2D eigenvalue weighted by Crippen LogP contribution is -1.86. The Morgan fingerprint density at radius 2 is 1.68 bits per heavy atom. The Kier molecular flexibility index (Phi) is 3.35. The second-order valence-electron chi connectivity index (χ2n) is 4.14. The third-order valence-electron chi connectivity index (χ3n) is 2.74. The molecule has 5 heteroatoms. The van der Waals surface area contributed by atoms with Crippen LogP contribution >= 0.6 is 35.0 Å². The van der Waals surface area contributed by atoms with Crippen LogP contribution in [0.2, 0.25) is 10.0 Å². The summed E-state index contributed by atoms with van der Waals surface area (Å²) in [6.07, 6.45) is 0. The van der Waals surface area contributed by atoms with Gasteiger partial charge in [0.05, 0.1) is 20.0 Å². The van der Waals surface area contributed by atoms with Crippen LogP contribution in [0.4, 0.5) is 5.69 Å². The van der Waals surface area contributed by atoms with E-state index in [0.717, 1.165) is 20.8 Å². The van der Waals surface area contributed by atoms with Crippen molar-refractivity contribution in [1.29, 1.82) is 0 Å². The van der Waals surface area contributed by atoms with Crippen LogP contribution in [0, 0.1) is 0 Å². The van der Waals surface area contributed by atoms with E-state index in [1.54, 1.807) is 12.1 Å². The molecule has 1 heterocycles. The fourth-order valence-corrected chi connectivity index (χ4v) is 3.50. The maximum absolute atomic E-state index is 6.18. The van der Waals surface area contributed by atoms with E-state index >= 15 is 0 Å². The predicted octanol–water partition coefficient (Wildman–Crippen LogP) is 5.21. The second kappa shape index (κ2) is 5.00. The Morgan fingerprint density at radius 1 is 1.00 bits per heavy atom. The molecule has 0 saturated carbocycles. The lowest BCUT2D eigenvalue weighted by atomic mass is 10.3. The normalized spacial score (nSPS) is 11.1. The van der Waals surface area contributed by atoms with Gasteiger partial charge in [0, 0.05) is 16.6 Å². The number of nitrogens with two attached hydrogens (primary N) is 1. The van der Waals surface area contributed by atoms with Crippen molar-refractivity contribution in [3.8, 4) is 0 Å². The number of nitrogens with one attached hydrogen (secondary N) is 1. The average Bonchev–Trinajstić information content (AvgIpc) is 2.76. The van der Waals surface area contributed by atoms with E-state index in [2.05, 4.69) is 17.1 Å². The molecule has 0 aliphatic carbocycles. The number of aromatic amines is 1. The van der Waals surface area contributed by atoms with Gasteiger partial charge in [-0.1, -0.05) is 53.2 Å². The summed E-state index contributed by atoms with van der Waals surface area (Å²) in [4.78, 5) is 4.14. The molecule has 0 unspecified atom stereocenters. The molecule has 2 aromatic carbocycles. The Balaban J connectivity index is 2.01.